The molecule has 0 amide bonds. The zero-order chi connectivity index (χ0) is 18.6. The average Bonchev–Trinajstić information content (AvgIpc) is 3.36. The third-order valence-corrected chi connectivity index (χ3v) is 4.44. The third kappa shape index (κ3) is 3.82. The van der Waals surface area contributed by atoms with Crippen LogP contribution in [0, 0.1) is 5.82 Å². The van der Waals surface area contributed by atoms with Crippen LogP contribution in [-0.4, -0.2) is 27.4 Å². The first-order valence-corrected chi connectivity index (χ1v) is 8.90. The van der Waals surface area contributed by atoms with Crippen LogP contribution in [0.25, 0.3) is 22.8 Å². The molecule has 4 aromatic rings. The number of aromatic nitrogens is 4. The Morgan fingerprint density at radius 2 is 1.89 bits per heavy atom. The molecule has 0 saturated carbocycles. The smallest absolute Gasteiger partial charge is 0.277 e. The van der Waals surface area contributed by atoms with Gasteiger partial charge in [0, 0.05) is 5.56 Å². The van der Waals surface area contributed by atoms with Gasteiger partial charge in [-0.15, -0.1) is 10.2 Å². The molecular weight excluding hydrogens is 371 g/mol. The van der Waals surface area contributed by atoms with Gasteiger partial charge in [-0.2, -0.15) is 4.98 Å². The highest BCUT2D eigenvalue weighted by molar-refractivity contribution is 7.98. The first kappa shape index (κ1) is 17.2. The number of hydrogen-bond acceptors (Lipinski definition) is 8. The minimum absolute atomic E-state index is 0.317. The van der Waals surface area contributed by atoms with Crippen LogP contribution in [0.1, 0.15) is 5.89 Å². The van der Waals surface area contributed by atoms with Crippen molar-refractivity contribution in [2.24, 2.45) is 0 Å². The molecule has 9 heteroatoms. The van der Waals surface area contributed by atoms with E-state index in [1.54, 1.807) is 19.2 Å². The molecule has 0 fully saturated rings. The highest BCUT2D eigenvalue weighted by Gasteiger charge is 2.15. The van der Waals surface area contributed by atoms with E-state index in [0.717, 1.165) is 5.56 Å². The predicted molar refractivity (Wildman–Crippen MR) is 95.5 cm³/mol. The molecule has 0 bridgehead atoms. The summed E-state index contributed by atoms with van der Waals surface area (Å²) >= 11 is 1.27. The molecular formula is C18H13FN4O3S. The number of methoxy groups -OCH3 is 1. The number of benzene rings is 2. The Labute approximate surface area is 157 Å². The molecule has 0 aliphatic rings. The van der Waals surface area contributed by atoms with E-state index in [4.69, 9.17) is 13.7 Å². The summed E-state index contributed by atoms with van der Waals surface area (Å²) in [4.78, 5) is 4.37. The average molecular weight is 384 g/mol. The maximum atomic E-state index is 13.0. The zero-order valence-corrected chi connectivity index (χ0v) is 14.9. The topological polar surface area (TPSA) is 87.1 Å². The summed E-state index contributed by atoms with van der Waals surface area (Å²) in [5, 5.41) is 12.3. The lowest BCUT2D eigenvalue weighted by atomic mass is 10.2. The lowest BCUT2D eigenvalue weighted by Gasteiger charge is -2.02. The first-order valence-electron chi connectivity index (χ1n) is 7.91. The number of para-hydroxylation sites is 1. The van der Waals surface area contributed by atoms with Crippen LogP contribution in [-0.2, 0) is 5.75 Å². The molecule has 0 aliphatic carbocycles. The molecule has 0 N–H and O–H groups in total. The summed E-state index contributed by atoms with van der Waals surface area (Å²) in [6.07, 6.45) is 0. The van der Waals surface area contributed by atoms with Gasteiger partial charge in [-0.05, 0) is 36.4 Å². The summed E-state index contributed by atoms with van der Waals surface area (Å²) in [5.41, 5.74) is 1.39. The largest absolute Gasteiger partial charge is 0.496 e. The fraction of sp³-hybridized carbons (Fsp3) is 0.111. The van der Waals surface area contributed by atoms with E-state index in [-0.39, 0.29) is 5.82 Å². The van der Waals surface area contributed by atoms with Crippen molar-refractivity contribution in [1.29, 1.82) is 0 Å². The Balaban J connectivity index is 1.44. The third-order valence-electron chi connectivity index (χ3n) is 3.63. The summed E-state index contributed by atoms with van der Waals surface area (Å²) < 4.78 is 29.1. The van der Waals surface area contributed by atoms with E-state index in [2.05, 4.69) is 20.3 Å². The summed E-state index contributed by atoms with van der Waals surface area (Å²) in [7, 11) is 1.59. The normalized spacial score (nSPS) is 10.9. The number of nitrogens with zero attached hydrogens (tertiary/aromatic N) is 4. The Morgan fingerprint density at radius 3 is 2.70 bits per heavy atom. The molecule has 0 aliphatic heterocycles. The van der Waals surface area contributed by atoms with E-state index in [1.807, 2.05) is 24.3 Å². The minimum atomic E-state index is -0.324. The number of rotatable bonds is 6. The zero-order valence-electron chi connectivity index (χ0n) is 14.1. The molecule has 2 aromatic heterocycles. The van der Waals surface area contributed by atoms with Gasteiger partial charge in [0.25, 0.3) is 5.22 Å². The molecule has 0 atom stereocenters. The number of hydrogen-bond donors (Lipinski definition) is 0. The van der Waals surface area contributed by atoms with E-state index >= 15 is 0 Å². The highest BCUT2D eigenvalue weighted by Crippen LogP contribution is 2.29. The number of thioether (sulfide) groups is 1. The number of ether oxygens (including phenoxy) is 1. The molecule has 27 heavy (non-hydrogen) atoms. The molecule has 0 spiro atoms. The SMILES string of the molecule is COc1ccccc1-c1noc(CSc2nnc(-c3ccc(F)cc3)o2)n1. The van der Waals surface area contributed by atoms with Gasteiger partial charge in [0.15, 0.2) is 0 Å². The molecule has 4 rings (SSSR count). The second-order valence-electron chi connectivity index (χ2n) is 5.38. The quantitative estimate of drug-likeness (QED) is 0.457. The second kappa shape index (κ2) is 7.58. The molecule has 7 nitrogen and oxygen atoms in total. The fourth-order valence-corrected chi connectivity index (χ4v) is 2.95. The van der Waals surface area contributed by atoms with E-state index < -0.39 is 0 Å². The van der Waals surface area contributed by atoms with Crippen molar-refractivity contribution in [3.05, 3.63) is 60.2 Å². The Morgan fingerprint density at radius 1 is 1.07 bits per heavy atom. The van der Waals surface area contributed by atoms with Gasteiger partial charge in [-0.3, -0.25) is 0 Å². The maximum Gasteiger partial charge on any atom is 0.277 e. The van der Waals surface area contributed by atoms with Crippen molar-refractivity contribution in [2.75, 3.05) is 7.11 Å². The van der Waals surface area contributed by atoms with Crippen molar-refractivity contribution < 1.29 is 18.1 Å². The van der Waals surface area contributed by atoms with E-state index in [1.165, 1.54) is 23.9 Å². The van der Waals surface area contributed by atoms with Gasteiger partial charge in [-0.25, -0.2) is 4.39 Å². The van der Waals surface area contributed by atoms with Crippen LogP contribution in [0.5, 0.6) is 5.75 Å². The van der Waals surface area contributed by atoms with Crippen LogP contribution < -0.4 is 4.74 Å². The standard InChI is InChI=1S/C18H13FN4O3S/c1-24-14-5-3-2-4-13(14)16-20-15(26-23-16)10-27-18-22-21-17(25-18)11-6-8-12(19)9-7-11/h2-9H,10H2,1H3. The van der Waals surface area contributed by atoms with Crippen LogP contribution in [0.2, 0.25) is 0 Å². The molecule has 0 saturated heterocycles. The fourth-order valence-electron chi connectivity index (χ4n) is 2.35. The van der Waals surface area contributed by atoms with Crippen molar-refractivity contribution in [3.8, 4) is 28.6 Å². The van der Waals surface area contributed by atoms with Crippen LogP contribution in [0.3, 0.4) is 0 Å². The summed E-state index contributed by atoms with van der Waals surface area (Å²) in [6.45, 7) is 0. The predicted octanol–water partition coefficient (Wildman–Crippen LogP) is 4.23. The molecule has 0 radical (unpaired) electrons. The molecule has 2 heterocycles. The monoisotopic (exact) mass is 384 g/mol. The van der Waals surface area contributed by atoms with Crippen molar-refractivity contribution in [2.45, 2.75) is 11.0 Å². The van der Waals surface area contributed by atoms with Crippen LogP contribution in [0.4, 0.5) is 4.39 Å². The van der Waals surface area contributed by atoms with Gasteiger partial charge < -0.3 is 13.7 Å². The minimum Gasteiger partial charge on any atom is -0.496 e. The van der Waals surface area contributed by atoms with Gasteiger partial charge in [0.2, 0.25) is 17.6 Å². The lowest BCUT2D eigenvalue weighted by Crippen LogP contribution is -1.89. The van der Waals surface area contributed by atoms with Crippen LogP contribution >= 0.6 is 11.8 Å². The Kier molecular flexibility index (Phi) is 4.84. The van der Waals surface area contributed by atoms with Crippen molar-refractivity contribution >= 4 is 11.8 Å². The van der Waals surface area contributed by atoms with Gasteiger partial charge in [0.05, 0.1) is 18.4 Å². The summed E-state index contributed by atoms with van der Waals surface area (Å²) in [6, 6.07) is 13.3. The Bertz CT molecular complexity index is 1050. The highest BCUT2D eigenvalue weighted by atomic mass is 32.2. The molecule has 0 unspecified atom stereocenters. The first-order chi connectivity index (χ1) is 13.2. The van der Waals surface area contributed by atoms with Crippen molar-refractivity contribution in [3.63, 3.8) is 0 Å². The summed E-state index contributed by atoms with van der Waals surface area (Å²) in [5.74, 6) is 1.89. The van der Waals surface area contributed by atoms with Gasteiger partial charge >= 0.3 is 0 Å². The van der Waals surface area contributed by atoms with E-state index in [9.17, 15) is 4.39 Å². The molecule has 2 aromatic carbocycles. The van der Waals surface area contributed by atoms with Crippen LogP contribution in [0.15, 0.2) is 62.7 Å². The van der Waals surface area contributed by atoms with Gasteiger partial charge in [0.1, 0.15) is 11.6 Å². The second-order valence-corrected chi connectivity index (χ2v) is 6.31. The van der Waals surface area contributed by atoms with E-state index in [0.29, 0.717) is 39.9 Å². The number of halogens is 1. The van der Waals surface area contributed by atoms with Crippen molar-refractivity contribution in [1.82, 2.24) is 20.3 Å². The Hall–Kier alpha value is -3.20. The maximum absolute atomic E-state index is 13.0. The van der Waals surface area contributed by atoms with Gasteiger partial charge in [-0.1, -0.05) is 29.1 Å². The lowest BCUT2D eigenvalue weighted by molar-refractivity contribution is 0.389. The molecule has 136 valence electrons.